The summed E-state index contributed by atoms with van der Waals surface area (Å²) < 4.78 is 10.3. The Balaban J connectivity index is 2.03. The van der Waals surface area contributed by atoms with Crippen LogP contribution < -0.4 is 10.6 Å². The van der Waals surface area contributed by atoms with E-state index in [1.165, 1.54) is 7.11 Å². The fourth-order valence-corrected chi connectivity index (χ4v) is 3.55. The van der Waals surface area contributed by atoms with E-state index in [0.29, 0.717) is 13.0 Å². The minimum atomic E-state index is -0.524. The molecule has 0 bridgehead atoms. The van der Waals surface area contributed by atoms with Gasteiger partial charge >= 0.3 is 5.97 Å². The second-order valence-corrected chi connectivity index (χ2v) is 7.09. The number of benzene rings is 1. The van der Waals surface area contributed by atoms with Crippen molar-refractivity contribution in [2.24, 2.45) is 11.3 Å². The first-order chi connectivity index (χ1) is 12.5. The van der Waals surface area contributed by atoms with Crippen molar-refractivity contribution < 1.29 is 19.1 Å². The third kappa shape index (κ3) is 5.29. The number of nitrogens with one attached hydrogen (secondary N) is 2. The molecule has 144 valence electrons. The molecule has 0 radical (unpaired) electrons. The molecule has 26 heavy (non-hydrogen) atoms. The van der Waals surface area contributed by atoms with E-state index in [9.17, 15) is 9.59 Å². The topological polar surface area (TPSA) is 76.7 Å². The Labute approximate surface area is 155 Å². The summed E-state index contributed by atoms with van der Waals surface area (Å²) in [6, 6.07) is 8.03. The minimum absolute atomic E-state index is 0.0426. The van der Waals surface area contributed by atoms with Crippen LogP contribution in [0.15, 0.2) is 24.3 Å². The number of hydrogen-bond donors (Lipinski definition) is 2. The second kappa shape index (κ2) is 9.69. The van der Waals surface area contributed by atoms with Gasteiger partial charge in [0.1, 0.15) is 0 Å². The molecule has 1 aliphatic rings. The number of carbonyl (C=O) groups excluding carboxylic acids is 2. The smallest absolute Gasteiger partial charge is 0.310 e. The first kappa shape index (κ1) is 20.4. The van der Waals surface area contributed by atoms with E-state index in [-0.39, 0.29) is 18.4 Å². The molecule has 1 amide bonds. The quantitative estimate of drug-likeness (QED) is 0.685. The highest BCUT2D eigenvalue weighted by Crippen LogP contribution is 2.29. The van der Waals surface area contributed by atoms with Gasteiger partial charge in [0, 0.05) is 13.7 Å². The highest BCUT2D eigenvalue weighted by molar-refractivity contribution is 5.83. The third-order valence-electron chi connectivity index (χ3n) is 5.07. The van der Waals surface area contributed by atoms with Crippen molar-refractivity contribution in [1.29, 1.82) is 0 Å². The van der Waals surface area contributed by atoms with Gasteiger partial charge in [-0.1, -0.05) is 29.8 Å². The van der Waals surface area contributed by atoms with Crippen molar-refractivity contribution in [3.8, 4) is 0 Å². The predicted molar refractivity (Wildman–Crippen MR) is 99.8 cm³/mol. The lowest BCUT2D eigenvalue weighted by Crippen LogP contribution is -2.51. The van der Waals surface area contributed by atoms with Crippen LogP contribution in [-0.4, -0.2) is 52.3 Å². The first-order valence-electron chi connectivity index (χ1n) is 9.12. The van der Waals surface area contributed by atoms with E-state index in [0.717, 1.165) is 37.1 Å². The van der Waals surface area contributed by atoms with Crippen molar-refractivity contribution in [3.05, 3.63) is 35.4 Å². The minimum Gasteiger partial charge on any atom is -0.469 e. The zero-order chi connectivity index (χ0) is 19.0. The van der Waals surface area contributed by atoms with Gasteiger partial charge < -0.3 is 20.1 Å². The van der Waals surface area contributed by atoms with Gasteiger partial charge in [-0.2, -0.15) is 0 Å². The van der Waals surface area contributed by atoms with Gasteiger partial charge in [-0.3, -0.25) is 9.59 Å². The second-order valence-electron chi connectivity index (χ2n) is 7.09. The Hall–Kier alpha value is -1.92. The van der Waals surface area contributed by atoms with Crippen molar-refractivity contribution in [2.75, 3.05) is 40.5 Å². The average molecular weight is 362 g/mol. The van der Waals surface area contributed by atoms with Crippen molar-refractivity contribution >= 4 is 11.9 Å². The summed E-state index contributed by atoms with van der Waals surface area (Å²) in [5.74, 6) is -0.760. The summed E-state index contributed by atoms with van der Waals surface area (Å²) in [5.41, 5.74) is 1.68. The van der Waals surface area contributed by atoms with Crippen LogP contribution in [-0.2, 0) is 25.5 Å². The summed E-state index contributed by atoms with van der Waals surface area (Å²) in [4.78, 5) is 25.0. The van der Waals surface area contributed by atoms with E-state index in [1.54, 1.807) is 7.11 Å². The van der Waals surface area contributed by atoms with E-state index in [4.69, 9.17) is 9.47 Å². The summed E-state index contributed by atoms with van der Waals surface area (Å²) in [6.45, 7) is 4.25. The number of ether oxygens (including phenoxy) is 2. The van der Waals surface area contributed by atoms with Gasteiger partial charge in [0.15, 0.2) is 0 Å². The van der Waals surface area contributed by atoms with E-state index < -0.39 is 11.3 Å². The maximum absolute atomic E-state index is 12.9. The van der Waals surface area contributed by atoms with Crippen molar-refractivity contribution in [3.63, 3.8) is 0 Å². The van der Waals surface area contributed by atoms with Crippen LogP contribution in [0.2, 0.25) is 0 Å². The number of esters is 1. The summed E-state index contributed by atoms with van der Waals surface area (Å²) >= 11 is 0. The van der Waals surface area contributed by atoms with Crippen molar-refractivity contribution in [2.45, 2.75) is 26.2 Å². The van der Waals surface area contributed by atoms with Crippen LogP contribution in [0.3, 0.4) is 0 Å². The molecule has 2 rings (SSSR count). The predicted octanol–water partition coefficient (Wildman–Crippen LogP) is 1.46. The molecule has 0 aliphatic carbocycles. The van der Waals surface area contributed by atoms with Crippen LogP contribution in [0.4, 0.5) is 0 Å². The molecular weight excluding hydrogens is 332 g/mol. The Bertz CT molecular complexity index is 606. The van der Waals surface area contributed by atoms with Crippen molar-refractivity contribution in [1.82, 2.24) is 10.6 Å². The zero-order valence-electron chi connectivity index (χ0n) is 16.0. The van der Waals surface area contributed by atoms with Gasteiger partial charge in [-0.05, 0) is 44.8 Å². The maximum Gasteiger partial charge on any atom is 0.310 e. The summed E-state index contributed by atoms with van der Waals surface area (Å²) in [7, 11) is 3.00. The van der Waals surface area contributed by atoms with Crippen LogP contribution in [0.25, 0.3) is 0 Å². The lowest BCUT2D eigenvalue weighted by molar-refractivity contribution is -0.145. The molecule has 6 nitrogen and oxygen atoms in total. The molecule has 1 atom stereocenters. The third-order valence-corrected chi connectivity index (χ3v) is 5.07. The standard InChI is InChI=1S/C20H30N2O4/c1-15-5-4-6-16(11-15)12-17(18(23)26-3)13-22-19(24)20(14-25-2)7-9-21-10-8-20/h4-6,11,17,21H,7-10,12-14H2,1-3H3,(H,22,24). The maximum atomic E-state index is 12.9. The fourth-order valence-electron chi connectivity index (χ4n) is 3.55. The van der Waals surface area contributed by atoms with Crippen LogP contribution >= 0.6 is 0 Å². The molecule has 2 N–H and O–H groups in total. The normalized spacial score (nSPS) is 17.3. The fraction of sp³-hybridized carbons (Fsp3) is 0.600. The molecule has 0 aromatic heterocycles. The molecule has 6 heteroatoms. The molecule has 1 unspecified atom stereocenters. The van der Waals surface area contributed by atoms with E-state index in [1.807, 2.05) is 25.1 Å². The number of amides is 1. The highest BCUT2D eigenvalue weighted by atomic mass is 16.5. The molecular formula is C20H30N2O4. The van der Waals surface area contributed by atoms with Gasteiger partial charge in [0.05, 0.1) is 25.0 Å². The monoisotopic (exact) mass is 362 g/mol. The molecule has 1 aliphatic heterocycles. The molecule has 1 aromatic carbocycles. The molecule has 1 heterocycles. The number of hydrogen-bond acceptors (Lipinski definition) is 5. The number of aryl methyl sites for hydroxylation is 1. The van der Waals surface area contributed by atoms with Gasteiger partial charge in [0.25, 0.3) is 0 Å². The molecule has 0 saturated carbocycles. The highest BCUT2D eigenvalue weighted by Gasteiger charge is 2.40. The SMILES string of the molecule is COCC1(C(=O)NCC(Cc2cccc(C)c2)C(=O)OC)CCNCC1. The Kier molecular flexibility index (Phi) is 7.60. The molecule has 1 fully saturated rings. The summed E-state index contributed by atoms with van der Waals surface area (Å²) in [5, 5.41) is 6.25. The molecule has 1 aromatic rings. The lowest BCUT2D eigenvalue weighted by Gasteiger charge is -2.35. The number of rotatable bonds is 8. The van der Waals surface area contributed by atoms with E-state index in [2.05, 4.69) is 16.7 Å². The van der Waals surface area contributed by atoms with Crippen LogP contribution in [0, 0.1) is 18.3 Å². The Morgan fingerprint density at radius 1 is 1.27 bits per heavy atom. The van der Waals surface area contributed by atoms with Gasteiger partial charge in [-0.25, -0.2) is 0 Å². The number of carbonyl (C=O) groups is 2. The molecule has 0 spiro atoms. The van der Waals surface area contributed by atoms with Gasteiger partial charge in [0.2, 0.25) is 5.91 Å². The van der Waals surface area contributed by atoms with Crippen LogP contribution in [0.1, 0.15) is 24.0 Å². The molecule has 1 saturated heterocycles. The number of methoxy groups -OCH3 is 2. The van der Waals surface area contributed by atoms with Crippen LogP contribution in [0.5, 0.6) is 0 Å². The average Bonchev–Trinajstić information content (AvgIpc) is 2.65. The Morgan fingerprint density at radius 3 is 2.62 bits per heavy atom. The van der Waals surface area contributed by atoms with Gasteiger partial charge in [-0.15, -0.1) is 0 Å². The Morgan fingerprint density at radius 2 is 2.00 bits per heavy atom. The number of piperidine rings is 1. The lowest BCUT2D eigenvalue weighted by atomic mass is 9.78. The first-order valence-corrected chi connectivity index (χ1v) is 9.12. The van der Waals surface area contributed by atoms with E-state index >= 15 is 0 Å². The summed E-state index contributed by atoms with van der Waals surface area (Å²) in [6.07, 6.45) is 1.99. The largest absolute Gasteiger partial charge is 0.469 e. The zero-order valence-corrected chi connectivity index (χ0v) is 16.0.